The van der Waals surface area contributed by atoms with E-state index in [0.717, 1.165) is 29.9 Å². The average molecular weight is 485 g/mol. The first-order valence-electron chi connectivity index (χ1n) is 10.9. The first kappa shape index (κ1) is 24.0. The van der Waals surface area contributed by atoms with Gasteiger partial charge in [-0.05, 0) is 65.8 Å². The maximum absolute atomic E-state index is 13.6. The number of carbonyl (C=O) groups excluding carboxylic acids is 1. The van der Waals surface area contributed by atoms with Gasteiger partial charge in [-0.15, -0.1) is 0 Å². The molecule has 1 atom stereocenters. The van der Waals surface area contributed by atoms with E-state index in [1.165, 1.54) is 12.1 Å². The molecule has 1 aliphatic carbocycles. The first-order valence-corrected chi connectivity index (χ1v) is 12.8. The molecule has 0 unspecified atom stereocenters. The number of amides is 1. The third-order valence-corrected chi connectivity index (χ3v) is 6.74. The molecule has 2 N–H and O–H groups in total. The fourth-order valence-electron chi connectivity index (χ4n) is 4.45. The molecule has 0 aliphatic heterocycles. The SMILES string of the molecule is Cc1cccc(C(=O)Nc2ccc3c(c2)C[C@H](NS(C)(=O)=O)C3)c1-c1ccc(C(C)(F)F)cc1. The van der Waals surface area contributed by atoms with E-state index in [1.54, 1.807) is 30.3 Å². The second-order valence-corrected chi connectivity index (χ2v) is 10.7. The minimum atomic E-state index is -3.30. The van der Waals surface area contributed by atoms with Crippen molar-refractivity contribution < 1.29 is 22.0 Å². The Morgan fingerprint density at radius 3 is 2.32 bits per heavy atom. The molecule has 1 aliphatic rings. The van der Waals surface area contributed by atoms with Crippen molar-refractivity contribution in [1.29, 1.82) is 0 Å². The molecular weight excluding hydrogens is 458 g/mol. The summed E-state index contributed by atoms with van der Waals surface area (Å²) in [4.78, 5) is 13.2. The molecule has 0 saturated heterocycles. The van der Waals surface area contributed by atoms with Crippen LogP contribution in [0.4, 0.5) is 14.5 Å². The molecule has 0 spiro atoms. The molecule has 3 aromatic carbocycles. The largest absolute Gasteiger partial charge is 0.322 e. The van der Waals surface area contributed by atoms with E-state index in [-0.39, 0.29) is 17.5 Å². The molecule has 5 nitrogen and oxygen atoms in total. The summed E-state index contributed by atoms with van der Waals surface area (Å²) in [6.45, 7) is 2.73. The summed E-state index contributed by atoms with van der Waals surface area (Å²) in [5.74, 6) is -3.25. The Morgan fingerprint density at radius 1 is 1.00 bits per heavy atom. The normalized spacial score (nSPS) is 15.7. The Labute approximate surface area is 198 Å². The van der Waals surface area contributed by atoms with E-state index in [0.29, 0.717) is 35.2 Å². The number of carbonyl (C=O) groups is 1. The number of alkyl halides is 2. The fraction of sp³-hybridized carbons (Fsp3) is 0.269. The maximum Gasteiger partial charge on any atom is 0.270 e. The van der Waals surface area contributed by atoms with Gasteiger partial charge in [0.25, 0.3) is 11.8 Å². The smallest absolute Gasteiger partial charge is 0.270 e. The number of rotatable bonds is 6. The highest BCUT2D eigenvalue weighted by molar-refractivity contribution is 7.88. The summed E-state index contributed by atoms with van der Waals surface area (Å²) in [6.07, 6.45) is 2.30. The standard InChI is InChI=1S/C26H26F2N2O3S/c1-16-5-4-6-23(24(16)17-7-10-20(11-8-17)26(2,27)28)25(31)29-21-12-9-18-13-22(15-19(18)14-21)30-34(3,32)33/h4-12,14,22,30H,13,15H2,1-3H3,(H,29,31)/t22-/m1/s1. The number of nitrogens with one attached hydrogen (secondary N) is 2. The molecule has 178 valence electrons. The molecule has 0 heterocycles. The van der Waals surface area contributed by atoms with Crippen LogP contribution in [-0.4, -0.2) is 26.6 Å². The summed E-state index contributed by atoms with van der Waals surface area (Å²) in [6, 6.07) is 16.7. The topological polar surface area (TPSA) is 75.3 Å². The minimum Gasteiger partial charge on any atom is -0.322 e. The molecule has 34 heavy (non-hydrogen) atoms. The highest BCUT2D eigenvalue weighted by Gasteiger charge is 2.26. The Morgan fingerprint density at radius 2 is 1.68 bits per heavy atom. The van der Waals surface area contributed by atoms with E-state index in [4.69, 9.17) is 0 Å². The van der Waals surface area contributed by atoms with E-state index in [1.807, 2.05) is 25.1 Å². The third kappa shape index (κ3) is 5.34. The molecule has 1 amide bonds. The Kier molecular flexibility index (Phi) is 6.31. The lowest BCUT2D eigenvalue weighted by atomic mass is 9.93. The molecule has 0 radical (unpaired) electrons. The van der Waals surface area contributed by atoms with Gasteiger partial charge in [0.05, 0.1) is 6.26 Å². The van der Waals surface area contributed by atoms with Gasteiger partial charge in [0.2, 0.25) is 10.0 Å². The second kappa shape index (κ2) is 8.92. The summed E-state index contributed by atoms with van der Waals surface area (Å²) < 4.78 is 53.0. The highest BCUT2D eigenvalue weighted by Crippen LogP contribution is 2.33. The van der Waals surface area contributed by atoms with E-state index < -0.39 is 15.9 Å². The van der Waals surface area contributed by atoms with Crippen LogP contribution in [0.1, 0.15) is 39.5 Å². The van der Waals surface area contributed by atoms with Crippen molar-refractivity contribution in [2.75, 3.05) is 11.6 Å². The molecule has 3 aromatic rings. The van der Waals surface area contributed by atoms with Crippen molar-refractivity contribution >= 4 is 21.6 Å². The zero-order valence-corrected chi connectivity index (χ0v) is 20.0. The number of hydrogen-bond acceptors (Lipinski definition) is 3. The monoisotopic (exact) mass is 484 g/mol. The summed E-state index contributed by atoms with van der Waals surface area (Å²) in [7, 11) is -3.30. The van der Waals surface area contributed by atoms with Gasteiger partial charge in [-0.2, -0.15) is 0 Å². The van der Waals surface area contributed by atoms with Crippen molar-refractivity contribution in [2.24, 2.45) is 0 Å². The molecule has 0 aromatic heterocycles. The number of anilines is 1. The first-order chi connectivity index (χ1) is 15.9. The van der Waals surface area contributed by atoms with Crippen molar-refractivity contribution in [3.05, 3.63) is 88.5 Å². The van der Waals surface area contributed by atoms with Gasteiger partial charge in [-0.3, -0.25) is 4.79 Å². The second-order valence-electron chi connectivity index (χ2n) is 8.90. The lowest BCUT2D eigenvalue weighted by molar-refractivity contribution is 0.0175. The molecular formula is C26H26F2N2O3S. The van der Waals surface area contributed by atoms with Crippen molar-refractivity contribution in [3.8, 4) is 11.1 Å². The number of aryl methyl sites for hydroxylation is 1. The van der Waals surface area contributed by atoms with Crippen LogP contribution in [0.2, 0.25) is 0 Å². The van der Waals surface area contributed by atoms with Crippen LogP contribution in [-0.2, 0) is 28.8 Å². The molecule has 4 rings (SSSR count). The number of hydrogen-bond donors (Lipinski definition) is 2. The van der Waals surface area contributed by atoms with Crippen molar-refractivity contribution in [3.63, 3.8) is 0 Å². The zero-order valence-electron chi connectivity index (χ0n) is 19.2. The third-order valence-electron chi connectivity index (χ3n) is 5.98. The van der Waals surface area contributed by atoms with Gasteiger partial charge in [-0.25, -0.2) is 21.9 Å². The Hall–Kier alpha value is -3.10. The average Bonchev–Trinajstić information content (AvgIpc) is 3.12. The van der Waals surface area contributed by atoms with Gasteiger partial charge in [0.15, 0.2) is 0 Å². The minimum absolute atomic E-state index is 0.0855. The highest BCUT2D eigenvalue weighted by atomic mass is 32.2. The summed E-state index contributed by atoms with van der Waals surface area (Å²) in [5, 5.41) is 2.93. The fourth-order valence-corrected chi connectivity index (χ4v) is 5.22. The molecule has 0 fully saturated rings. The molecule has 8 heteroatoms. The van der Waals surface area contributed by atoms with Gasteiger partial charge < -0.3 is 5.32 Å². The molecule has 0 saturated carbocycles. The van der Waals surface area contributed by atoms with Crippen LogP contribution in [0.25, 0.3) is 11.1 Å². The van der Waals surface area contributed by atoms with E-state index in [2.05, 4.69) is 10.0 Å². The van der Waals surface area contributed by atoms with Crippen LogP contribution >= 0.6 is 0 Å². The van der Waals surface area contributed by atoms with Crippen LogP contribution in [0.5, 0.6) is 0 Å². The maximum atomic E-state index is 13.6. The summed E-state index contributed by atoms with van der Waals surface area (Å²) >= 11 is 0. The van der Waals surface area contributed by atoms with Crippen LogP contribution in [0, 0.1) is 6.92 Å². The Bertz CT molecular complexity index is 1350. The number of benzene rings is 3. The zero-order chi connectivity index (χ0) is 24.7. The van der Waals surface area contributed by atoms with Gasteiger partial charge in [0, 0.05) is 29.8 Å². The van der Waals surface area contributed by atoms with E-state index in [9.17, 15) is 22.0 Å². The quantitative estimate of drug-likeness (QED) is 0.515. The predicted molar refractivity (Wildman–Crippen MR) is 130 cm³/mol. The lowest BCUT2D eigenvalue weighted by Crippen LogP contribution is -2.34. The van der Waals surface area contributed by atoms with Crippen LogP contribution < -0.4 is 10.0 Å². The van der Waals surface area contributed by atoms with Gasteiger partial charge in [0.1, 0.15) is 0 Å². The van der Waals surface area contributed by atoms with Crippen LogP contribution in [0.3, 0.4) is 0 Å². The van der Waals surface area contributed by atoms with E-state index >= 15 is 0 Å². The van der Waals surface area contributed by atoms with Gasteiger partial charge in [-0.1, -0.05) is 42.5 Å². The Balaban J connectivity index is 1.58. The van der Waals surface area contributed by atoms with Gasteiger partial charge >= 0.3 is 0 Å². The predicted octanol–water partition coefficient (Wildman–Crippen LogP) is 5.04. The number of halogens is 2. The van der Waals surface area contributed by atoms with Crippen molar-refractivity contribution in [2.45, 2.75) is 38.7 Å². The summed E-state index contributed by atoms with van der Waals surface area (Å²) in [5.41, 5.74) is 5.21. The van der Waals surface area contributed by atoms with Crippen molar-refractivity contribution in [1.82, 2.24) is 4.72 Å². The number of fused-ring (bicyclic) bond motifs is 1. The number of sulfonamides is 1. The van der Waals surface area contributed by atoms with Crippen LogP contribution in [0.15, 0.2) is 60.7 Å². The lowest BCUT2D eigenvalue weighted by Gasteiger charge is -2.15. The molecule has 0 bridgehead atoms.